The Balaban J connectivity index is 2.13. The maximum Gasteiger partial charge on any atom is 0.166 e. The molecule has 0 saturated carbocycles. The van der Waals surface area contributed by atoms with Crippen molar-refractivity contribution in [3.05, 3.63) is 28.8 Å². The number of carbonyl (C=O) groups excluding carboxylic acids is 1. The molecule has 2 heteroatoms. The number of hydrogen-bond acceptors (Lipinski definition) is 2. The molecule has 1 aliphatic heterocycles. The number of hydrogen-bond donors (Lipinski definition) is 0. The number of benzene rings is 1. The fourth-order valence-electron chi connectivity index (χ4n) is 2.49. The van der Waals surface area contributed by atoms with Gasteiger partial charge in [0.15, 0.2) is 5.78 Å². The van der Waals surface area contributed by atoms with Gasteiger partial charge in [-0.25, -0.2) is 0 Å². The molecule has 0 radical (unpaired) electrons. The van der Waals surface area contributed by atoms with Gasteiger partial charge in [-0.15, -0.1) is 0 Å². The van der Waals surface area contributed by atoms with Crippen LogP contribution in [0.3, 0.4) is 0 Å². The minimum atomic E-state index is 0.247. The lowest BCUT2D eigenvalue weighted by Gasteiger charge is -2.08. The van der Waals surface area contributed by atoms with E-state index < -0.39 is 0 Å². The zero-order valence-electron chi connectivity index (χ0n) is 8.71. The summed E-state index contributed by atoms with van der Waals surface area (Å²) in [5, 5.41) is 0. The van der Waals surface area contributed by atoms with Gasteiger partial charge in [0.05, 0.1) is 12.2 Å². The minimum absolute atomic E-state index is 0.247. The molecular formula is C13H14O2. The van der Waals surface area contributed by atoms with Gasteiger partial charge in [-0.1, -0.05) is 0 Å². The molecule has 3 rings (SSSR count). The number of ketones is 1. The lowest BCUT2D eigenvalue weighted by molar-refractivity contribution is 0.0983. The van der Waals surface area contributed by atoms with Crippen LogP contribution in [-0.4, -0.2) is 12.4 Å². The molecule has 2 aliphatic rings. The van der Waals surface area contributed by atoms with Crippen molar-refractivity contribution in [2.24, 2.45) is 0 Å². The summed E-state index contributed by atoms with van der Waals surface area (Å²) in [6, 6.07) is 4.15. The highest BCUT2D eigenvalue weighted by molar-refractivity contribution is 5.99. The average molecular weight is 202 g/mol. The number of carbonyl (C=O) groups is 1. The quantitative estimate of drug-likeness (QED) is 0.646. The maximum absolute atomic E-state index is 11.8. The lowest BCUT2D eigenvalue weighted by Crippen LogP contribution is -1.99. The number of aryl methyl sites for hydroxylation is 2. The van der Waals surface area contributed by atoms with Gasteiger partial charge in [0.2, 0.25) is 0 Å². The van der Waals surface area contributed by atoms with Gasteiger partial charge in [0.1, 0.15) is 5.75 Å². The SMILES string of the molecule is O=C1CCCOc2cc3c(cc21)CCC3. The summed E-state index contributed by atoms with van der Waals surface area (Å²) >= 11 is 0. The summed E-state index contributed by atoms with van der Waals surface area (Å²) in [7, 11) is 0. The van der Waals surface area contributed by atoms with E-state index in [1.54, 1.807) is 0 Å². The predicted molar refractivity (Wildman–Crippen MR) is 57.5 cm³/mol. The third kappa shape index (κ3) is 1.44. The number of fused-ring (bicyclic) bond motifs is 2. The highest BCUT2D eigenvalue weighted by Crippen LogP contribution is 2.32. The molecule has 0 bridgehead atoms. The molecule has 0 atom stereocenters. The molecule has 0 aromatic heterocycles. The second-order valence-electron chi connectivity index (χ2n) is 4.35. The Hall–Kier alpha value is -1.31. The molecule has 1 heterocycles. The zero-order valence-corrected chi connectivity index (χ0v) is 8.71. The highest BCUT2D eigenvalue weighted by Gasteiger charge is 2.21. The van der Waals surface area contributed by atoms with Crippen LogP contribution in [0.1, 0.15) is 40.7 Å². The molecule has 0 unspecified atom stereocenters. The van der Waals surface area contributed by atoms with Crippen LogP contribution in [0.25, 0.3) is 0 Å². The van der Waals surface area contributed by atoms with Crippen LogP contribution in [0.2, 0.25) is 0 Å². The Kier molecular flexibility index (Phi) is 2.01. The first-order valence-corrected chi connectivity index (χ1v) is 5.66. The largest absolute Gasteiger partial charge is 0.493 e. The van der Waals surface area contributed by atoms with Gasteiger partial charge in [-0.2, -0.15) is 0 Å². The topological polar surface area (TPSA) is 26.3 Å². The van der Waals surface area contributed by atoms with Crippen LogP contribution in [0.5, 0.6) is 5.75 Å². The normalized spacial score (nSPS) is 19.1. The van der Waals surface area contributed by atoms with Crippen molar-refractivity contribution >= 4 is 5.78 Å². The predicted octanol–water partition coefficient (Wildman–Crippen LogP) is 2.53. The monoisotopic (exact) mass is 202 g/mol. The van der Waals surface area contributed by atoms with E-state index in [0.717, 1.165) is 30.6 Å². The Labute approximate surface area is 89.2 Å². The number of Topliss-reactive ketones (excluding diaryl/α,β-unsaturated/α-hetero) is 1. The van der Waals surface area contributed by atoms with Crippen LogP contribution in [0.4, 0.5) is 0 Å². The summed E-state index contributed by atoms with van der Waals surface area (Å²) in [4.78, 5) is 11.8. The molecule has 0 amide bonds. The van der Waals surface area contributed by atoms with Crippen LogP contribution >= 0.6 is 0 Å². The van der Waals surface area contributed by atoms with Crippen LogP contribution < -0.4 is 4.74 Å². The second kappa shape index (κ2) is 3.37. The third-order valence-electron chi connectivity index (χ3n) is 3.30. The second-order valence-corrected chi connectivity index (χ2v) is 4.35. The van der Waals surface area contributed by atoms with E-state index in [4.69, 9.17) is 4.74 Å². The Bertz CT molecular complexity index is 421. The average Bonchev–Trinajstić information content (AvgIpc) is 2.62. The zero-order chi connectivity index (χ0) is 10.3. The molecule has 0 N–H and O–H groups in total. The van der Waals surface area contributed by atoms with Crippen LogP contribution in [0.15, 0.2) is 12.1 Å². The first kappa shape index (κ1) is 8.96. The molecule has 0 saturated heterocycles. The molecule has 0 spiro atoms. The molecule has 1 aromatic carbocycles. The molecule has 1 aliphatic carbocycles. The van der Waals surface area contributed by atoms with E-state index in [2.05, 4.69) is 12.1 Å². The van der Waals surface area contributed by atoms with E-state index in [1.807, 2.05) is 0 Å². The lowest BCUT2D eigenvalue weighted by atomic mass is 10.0. The van der Waals surface area contributed by atoms with E-state index in [9.17, 15) is 4.79 Å². The smallest absolute Gasteiger partial charge is 0.166 e. The summed E-state index contributed by atoms with van der Waals surface area (Å²) in [5.41, 5.74) is 3.55. The molecule has 1 aromatic rings. The van der Waals surface area contributed by atoms with Gasteiger partial charge >= 0.3 is 0 Å². The van der Waals surface area contributed by atoms with Crippen molar-refractivity contribution in [1.29, 1.82) is 0 Å². The summed E-state index contributed by atoms with van der Waals surface area (Å²) in [5.74, 6) is 1.07. The van der Waals surface area contributed by atoms with Gasteiger partial charge in [-0.05, 0) is 48.9 Å². The van der Waals surface area contributed by atoms with Crippen LogP contribution in [0, 0.1) is 0 Å². The number of ether oxygens (including phenoxy) is 1. The maximum atomic E-state index is 11.8. The molecule has 0 fully saturated rings. The van der Waals surface area contributed by atoms with Crippen molar-refractivity contribution in [3.8, 4) is 5.75 Å². The molecule has 15 heavy (non-hydrogen) atoms. The van der Waals surface area contributed by atoms with Crippen molar-refractivity contribution in [3.63, 3.8) is 0 Å². The van der Waals surface area contributed by atoms with E-state index >= 15 is 0 Å². The van der Waals surface area contributed by atoms with Crippen molar-refractivity contribution < 1.29 is 9.53 Å². The summed E-state index contributed by atoms with van der Waals surface area (Å²) < 4.78 is 5.62. The molecular weight excluding hydrogens is 188 g/mol. The first-order chi connectivity index (χ1) is 7.34. The Morgan fingerprint density at radius 3 is 2.67 bits per heavy atom. The number of rotatable bonds is 0. The van der Waals surface area contributed by atoms with Gasteiger partial charge in [-0.3, -0.25) is 4.79 Å². The van der Waals surface area contributed by atoms with Crippen LogP contribution in [-0.2, 0) is 12.8 Å². The van der Waals surface area contributed by atoms with Crippen molar-refractivity contribution in [2.75, 3.05) is 6.61 Å². The highest BCUT2D eigenvalue weighted by atomic mass is 16.5. The van der Waals surface area contributed by atoms with Gasteiger partial charge in [0, 0.05) is 6.42 Å². The van der Waals surface area contributed by atoms with Crippen molar-refractivity contribution in [1.82, 2.24) is 0 Å². The van der Waals surface area contributed by atoms with E-state index in [1.165, 1.54) is 17.5 Å². The minimum Gasteiger partial charge on any atom is -0.493 e. The summed E-state index contributed by atoms with van der Waals surface area (Å²) in [6.07, 6.45) is 4.95. The third-order valence-corrected chi connectivity index (χ3v) is 3.30. The van der Waals surface area contributed by atoms with E-state index in [0.29, 0.717) is 13.0 Å². The molecule has 78 valence electrons. The fraction of sp³-hybridized carbons (Fsp3) is 0.462. The standard InChI is InChI=1S/C13H14O2/c14-12-5-2-6-15-13-8-10-4-1-3-9(10)7-11(12)13/h7-8H,1-6H2. The summed E-state index contributed by atoms with van der Waals surface area (Å²) in [6.45, 7) is 0.678. The first-order valence-electron chi connectivity index (χ1n) is 5.66. The van der Waals surface area contributed by atoms with Gasteiger partial charge in [0.25, 0.3) is 0 Å². The molecule has 2 nitrogen and oxygen atoms in total. The van der Waals surface area contributed by atoms with Gasteiger partial charge < -0.3 is 4.74 Å². The Morgan fingerprint density at radius 1 is 1.00 bits per heavy atom. The Morgan fingerprint density at radius 2 is 1.80 bits per heavy atom. The van der Waals surface area contributed by atoms with Crippen molar-refractivity contribution in [2.45, 2.75) is 32.1 Å². The fourth-order valence-corrected chi connectivity index (χ4v) is 2.49. The van der Waals surface area contributed by atoms with E-state index in [-0.39, 0.29) is 5.78 Å².